The van der Waals surface area contributed by atoms with Crippen LogP contribution in [-0.2, 0) is 5.41 Å². The summed E-state index contributed by atoms with van der Waals surface area (Å²) in [6, 6.07) is 13.2. The molecule has 6 heteroatoms. The monoisotopic (exact) mass is 410 g/mol. The van der Waals surface area contributed by atoms with Crippen LogP contribution in [0.3, 0.4) is 0 Å². The molecule has 0 spiro atoms. The molecule has 1 aliphatic heterocycles. The van der Waals surface area contributed by atoms with Gasteiger partial charge in [0.25, 0.3) is 0 Å². The van der Waals surface area contributed by atoms with Gasteiger partial charge in [0.05, 0.1) is 29.3 Å². The molecule has 0 saturated heterocycles. The maximum absolute atomic E-state index is 14.9. The van der Waals surface area contributed by atoms with Gasteiger partial charge in [0.15, 0.2) is 12.2 Å². The van der Waals surface area contributed by atoms with Crippen LogP contribution in [0.25, 0.3) is 17.1 Å². The molecule has 0 radical (unpaired) electrons. The van der Waals surface area contributed by atoms with Crippen LogP contribution < -0.4 is 0 Å². The normalized spacial score (nSPS) is 25.2. The topological polar surface area (TPSA) is 56.2 Å². The van der Waals surface area contributed by atoms with Crippen molar-refractivity contribution in [1.82, 2.24) is 14.5 Å². The SMILES string of the molecule is C[C@H]1N=C(c2ccccc2F)c2cc([C@]34C[C@H]3C4)ccc2-n2cnc(-c3cnco3)c21. The van der Waals surface area contributed by atoms with Crippen molar-refractivity contribution < 1.29 is 8.81 Å². The van der Waals surface area contributed by atoms with Gasteiger partial charge >= 0.3 is 0 Å². The van der Waals surface area contributed by atoms with Crippen molar-refractivity contribution >= 4 is 5.71 Å². The van der Waals surface area contributed by atoms with Gasteiger partial charge in [0.2, 0.25) is 0 Å². The Bertz CT molecular complexity index is 1380. The largest absolute Gasteiger partial charge is 0.442 e. The standard InChI is InChI=1S/C25H19FN4O/c1-14-24-23(21-11-27-13-31-21)28-12-30(24)20-7-6-15(25-9-16(25)10-25)8-18(20)22(29-14)17-4-2-3-5-19(17)26/h2-8,11-14,16H,9-10H2,1H3/t14-,16-,25+/m1/s1. The van der Waals surface area contributed by atoms with Gasteiger partial charge in [0, 0.05) is 11.1 Å². The number of imidazole rings is 1. The Morgan fingerprint density at radius 2 is 1.97 bits per heavy atom. The number of fused-ring (bicyclic) bond motifs is 4. The predicted octanol–water partition coefficient (Wildman–Crippen LogP) is 5.24. The van der Waals surface area contributed by atoms with E-state index in [1.165, 1.54) is 30.9 Å². The summed E-state index contributed by atoms with van der Waals surface area (Å²) in [7, 11) is 0. The van der Waals surface area contributed by atoms with Crippen LogP contribution in [0, 0.1) is 11.7 Å². The molecule has 3 heterocycles. The van der Waals surface area contributed by atoms with Gasteiger partial charge in [-0.1, -0.05) is 18.2 Å². The van der Waals surface area contributed by atoms with Gasteiger partial charge in [-0.3, -0.25) is 9.56 Å². The Hall–Kier alpha value is -3.54. The zero-order valence-electron chi connectivity index (χ0n) is 16.9. The molecule has 7 rings (SSSR count). The van der Waals surface area contributed by atoms with E-state index in [2.05, 4.69) is 32.7 Å². The Morgan fingerprint density at radius 3 is 2.71 bits per heavy atom. The molecule has 2 aromatic carbocycles. The summed E-state index contributed by atoms with van der Waals surface area (Å²) in [5, 5.41) is 0. The van der Waals surface area contributed by atoms with E-state index in [9.17, 15) is 4.39 Å². The molecule has 5 nitrogen and oxygen atoms in total. The zero-order chi connectivity index (χ0) is 20.7. The maximum Gasteiger partial charge on any atom is 0.181 e. The fourth-order valence-corrected chi connectivity index (χ4v) is 5.08. The number of hydrogen-bond donors (Lipinski definition) is 0. The Morgan fingerprint density at radius 1 is 1.13 bits per heavy atom. The third kappa shape index (κ3) is 2.33. The maximum atomic E-state index is 14.9. The number of halogens is 1. The molecule has 31 heavy (non-hydrogen) atoms. The fraction of sp³-hybridized carbons (Fsp3) is 0.240. The van der Waals surface area contributed by atoms with Gasteiger partial charge in [-0.05, 0) is 60.9 Å². The molecule has 2 aliphatic carbocycles. The predicted molar refractivity (Wildman–Crippen MR) is 114 cm³/mol. The van der Waals surface area contributed by atoms with E-state index in [4.69, 9.17) is 9.41 Å². The van der Waals surface area contributed by atoms with E-state index in [1.807, 2.05) is 19.1 Å². The molecule has 0 amide bonds. The molecular formula is C25H19FN4O. The second-order valence-corrected chi connectivity index (χ2v) is 8.84. The van der Waals surface area contributed by atoms with Crippen molar-refractivity contribution in [2.24, 2.45) is 10.9 Å². The molecule has 3 aliphatic rings. The number of benzene rings is 2. The summed E-state index contributed by atoms with van der Waals surface area (Å²) < 4.78 is 22.5. The molecule has 1 atom stereocenters. The quantitative estimate of drug-likeness (QED) is 0.464. The summed E-state index contributed by atoms with van der Waals surface area (Å²) in [4.78, 5) is 13.7. The Labute approximate surface area is 178 Å². The lowest BCUT2D eigenvalue weighted by Gasteiger charge is -2.15. The van der Waals surface area contributed by atoms with Crippen LogP contribution in [0.15, 0.2) is 70.8 Å². The van der Waals surface area contributed by atoms with E-state index in [0.717, 1.165) is 22.9 Å². The first-order valence-corrected chi connectivity index (χ1v) is 10.6. The van der Waals surface area contributed by atoms with Gasteiger partial charge in [-0.15, -0.1) is 0 Å². The highest BCUT2D eigenvalue weighted by Crippen LogP contribution is 2.75. The van der Waals surface area contributed by atoms with Crippen LogP contribution in [-0.4, -0.2) is 20.2 Å². The van der Waals surface area contributed by atoms with Crippen molar-refractivity contribution in [2.45, 2.75) is 31.2 Å². The van der Waals surface area contributed by atoms with Crippen molar-refractivity contribution in [1.29, 1.82) is 0 Å². The minimum absolute atomic E-state index is 0.249. The third-order valence-corrected chi connectivity index (χ3v) is 7.09. The van der Waals surface area contributed by atoms with Gasteiger partial charge < -0.3 is 4.42 Å². The van der Waals surface area contributed by atoms with Crippen molar-refractivity contribution in [3.05, 3.63) is 89.6 Å². The molecule has 2 fully saturated rings. The first-order chi connectivity index (χ1) is 15.2. The number of rotatable bonds is 3. The van der Waals surface area contributed by atoms with Crippen LogP contribution in [0.1, 0.15) is 48.2 Å². The van der Waals surface area contributed by atoms with Crippen molar-refractivity contribution in [2.75, 3.05) is 0 Å². The number of aromatic nitrogens is 3. The molecular weight excluding hydrogens is 391 g/mol. The molecule has 0 unspecified atom stereocenters. The Balaban J connectivity index is 1.50. The fourth-order valence-electron chi connectivity index (χ4n) is 5.08. The minimum atomic E-state index is -0.265. The second kappa shape index (κ2) is 5.78. The van der Waals surface area contributed by atoms with Gasteiger partial charge in [-0.25, -0.2) is 14.4 Å². The lowest BCUT2D eigenvalue weighted by molar-refractivity contribution is 0.568. The summed E-state index contributed by atoms with van der Waals surface area (Å²) in [5.41, 5.74) is 6.42. The third-order valence-electron chi connectivity index (χ3n) is 7.09. The molecule has 2 aromatic heterocycles. The number of aliphatic imine (C=N–C) groups is 1. The smallest absolute Gasteiger partial charge is 0.181 e. The number of oxazole rings is 1. The highest BCUT2D eigenvalue weighted by molar-refractivity contribution is 6.15. The van der Waals surface area contributed by atoms with Crippen LogP contribution >= 0.6 is 0 Å². The van der Waals surface area contributed by atoms with E-state index in [0.29, 0.717) is 28.1 Å². The summed E-state index contributed by atoms with van der Waals surface area (Å²) in [6.45, 7) is 2.01. The van der Waals surface area contributed by atoms with Crippen molar-refractivity contribution in [3.63, 3.8) is 0 Å². The van der Waals surface area contributed by atoms with Crippen molar-refractivity contribution in [3.8, 4) is 17.1 Å². The van der Waals surface area contributed by atoms with E-state index >= 15 is 0 Å². The molecule has 4 aromatic rings. The van der Waals surface area contributed by atoms with E-state index in [1.54, 1.807) is 18.6 Å². The second-order valence-electron chi connectivity index (χ2n) is 8.84. The molecule has 0 bridgehead atoms. The minimum Gasteiger partial charge on any atom is -0.442 e. The Kier molecular flexibility index (Phi) is 3.20. The number of hydrogen-bond acceptors (Lipinski definition) is 4. The molecule has 2 saturated carbocycles. The summed E-state index contributed by atoms with van der Waals surface area (Å²) in [6.07, 6.45) is 7.39. The summed E-state index contributed by atoms with van der Waals surface area (Å²) in [5.74, 6) is 1.16. The first-order valence-electron chi connectivity index (χ1n) is 10.6. The van der Waals surface area contributed by atoms with Crippen LogP contribution in [0.4, 0.5) is 4.39 Å². The summed E-state index contributed by atoms with van der Waals surface area (Å²) >= 11 is 0. The molecule has 152 valence electrons. The highest BCUT2D eigenvalue weighted by Gasteiger charge is 2.70. The van der Waals surface area contributed by atoms with Crippen LogP contribution in [0.2, 0.25) is 0 Å². The first kappa shape index (κ1) is 17.2. The van der Waals surface area contributed by atoms with Crippen LogP contribution in [0.5, 0.6) is 0 Å². The lowest BCUT2D eigenvalue weighted by atomic mass is 9.94. The van der Waals surface area contributed by atoms with Gasteiger partial charge in [-0.2, -0.15) is 0 Å². The number of nitrogens with zero attached hydrogens (tertiary/aromatic N) is 4. The highest BCUT2D eigenvalue weighted by atomic mass is 19.1. The van der Waals surface area contributed by atoms with E-state index < -0.39 is 0 Å². The average Bonchev–Trinajstić information content (AvgIpc) is 3.48. The average molecular weight is 410 g/mol. The van der Waals surface area contributed by atoms with E-state index in [-0.39, 0.29) is 11.9 Å². The molecule has 0 N–H and O–H groups in total. The van der Waals surface area contributed by atoms with Gasteiger partial charge in [0.1, 0.15) is 17.8 Å². The lowest BCUT2D eigenvalue weighted by Crippen LogP contribution is -2.10. The zero-order valence-corrected chi connectivity index (χ0v) is 16.9.